The number of piperidine rings is 1. The second-order valence-corrected chi connectivity index (χ2v) is 6.54. The standard InChI is InChI=1S/C17H24N2O3/c1-17(2,3)22-16(21)19-12-8-7-11-14(19)15(20)18-13-9-5-4-6-10-13/h4-6,9-10,14H,7-8,11-12H2,1-3H3,(H,18,20)/t14-/m0/s1. The monoisotopic (exact) mass is 304 g/mol. The van der Waals surface area contributed by atoms with Crippen molar-refractivity contribution in [2.24, 2.45) is 0 Å². The van der Waals surface area contributed by atoms with Crippen LogP contribution in [0.1, 0.15) is 40.0 Å². The Balaban J connectivity index is 2.05. The van der Waals surface area contributed by atoms with Gasteiger partial charge in [0.2, 0.25) is 5.91 Å². The zero-order chi connectivity index (χ0) is 16.2. The molecule has 1 aromatic carbocycles. The van der Waals surface area contributed by atoms with Crippen LogP contribution in [0.15, 0.2) is 30.3 Å². The van der Waals surface area contributed by atoms with Crippen molar-refractivity contribution in [3.05, 3.63) is 30.3 Å². The van der Waals surface area contributed by atoms with Gasteiger partial charge < -0.3 is 10.1 Å². The number of amides is 2. The van der Waals surface area contributed by atoms with Crippen molar-refractivity contribution in [1.29, 1.82) is 0 Å². The van der Waals surface area contributed by atoms with E-state index in [9.17, 15) is 9.59 Å². The van der Waals surface area contributed by atoms with Crippen molar-refractivity contribution in [1.82, 2.24) is 4.90 Å². The molecule has 2 amide bonds. The molecule has 1 aliphatic rings. The van der Waals surface area contributed by atoms with E-state index in [-0.39, 0.29) is 5.91 Å². The molecule has 1 aliphatic heterocycles. The van der Waals surface area contributed by atoms with E-state index in [1.807, 2.05) is 51.1 Å². The fraction of sp³-hybridized carbons (Fsp3) is 0.529. The van der Waals surface area contributed by atoms with Gasteiger partial charge in [-0.2, -0.15) is 0 Å². The summed E-state index contributed by atoms with van der Waals surface area (Å²) < 4.78 is 5.41. The Morgan fingerprint density at radius 2 is 1.86 bits per heavy atom. The number of para-hydroxylation sites is 1. The summed E-state index contributed by atoms with van der Waals surface area (Å²) in [6.45, 7) is 6.04. The van der Waals surface area contributed by atoms with Crippen LogP contribution in [-0.2, 0) is 9.53 Å². The Hall–Kier alpha value is -2.04. The molecule has 5 heteroatoms. The fourth-order valence-corrected chi connectivity index (χ4v) is 2.49. The minimum Gasteiger partial charge on any atom is -0.444 e. The second kappa shape index (κ2) is 6.81. The molecule has 1 N–H and O–H groups in total. The van der Waals surface area contributed by atoms with Crippen molar-refractivity contribution in [2.45, 2.75) is 51.7 Å². The molecule has 1 aromatic rings. The minimum absolute atomic E-state index is 0.156. The number of likely N-dealkylation sites (tertiary alicyclic amines) is 1. The summed E-state index contributed by atoms with van der Waals surface area (Å²) in [5, 5.41) is 2.87. The van der Waals surface area contributed by atoms with Gasteiger partial charge in [-0.05, 0) is 52.2 Å². The highest BCUT2D eigenvalue weighted by molar-refractivity contribution is 5.96. The van der Waals surface area contributed by atoms with Crippen LogP contribution >= 0.6 is 0 Å². The molecule has 0 spiro atoms. The predicted molar refractivity (Wildman–Crippen MR) is 85.7 cm³/mol. The third-order valence-corrected chi connectivity index (χ3v) is 3.47. The first-order valence-electron chi connectivity index (χ1n) is 7.72. The van der Waals surface area contributed by atoms with E-state index in [4.69, 9.17) is 4.74 Å². The maximum atomic E-state index is 12.5. The Bertz CT molecular complexity index is 522. The molecular formula is C17H24N2O3. The summed E-state index contributed by atoms with van der Waals surface area (Å²) in [5.74, 6) is -0.156. The van der Waals surface area contributed by atoms with Crippen molar-refractivity contribution >= 4 is 17.7 Å². The van der Waals surface area contributed by atoms with E-state index >= 15 is 0 Å². The molecule has 0 bridgehead atoms. The molecule has 1 fully saturated rings. The van der Waals surface area contributed by atoms with Gasteiger partial charge >= 0.3 is 6.09 Å². The Kier molecular flexibility index (Phi) is 5.06. The average molecular weight is 304 g/mol. The van der Waals surface area contributed by atoms with Crippen molar-refractivity contribution in [3.63, 3.8) is 0 Å². The summed E-state index contributed by atoms with van der Waals surface area (Å²) in [6.07, 6.45) is 2.08. The number of anilines is 1. The number of ether oxygens (including phenoxy) is 1. The topological polar surface area (TPSA) is 58.6 Å². The third kappa shape index (κ3) is 4.48. The molecule has 0 radical (unpaired) electrons. The summed E-state index contributed by atoms with van der Waals surface area (Å²) in [6, 6.07) is 8.81. The highest BCUT2D eigenvalue weighted by Gasteiger charge is 2.34. The molecule has 120 valence electrons. The maximum Gasteiger partial charge on any atom is 0.410 e. The lowest BCUT2D eigenvalue weighted by atomic mass is 10.0. The average Bonchev–Trinajstić information content (AvgIpc) is 2.46. The van der Waals surface area contributed by atoms with Gasteiger partial charge in [-0.3, -0.25) is 9.69 Å². The lowest BCUT2D eigenvalue weighted by Crippen LogP contribution is -2.51. The third-order valence-electron chi connectivity index (χ3n) is 3.47. The highest BCUT2D eigenvalue weighted by Crippen LogP contribution is 2.21. The SMILES string of the molecule is CC(C)(C)OC(=O)N1CCCC[C@H]1C(=O)Nc1ccccc1. The zero-order valence-electron chi connectivity index (χ0n) is 13.5. The van der Waals surface area contributed by atoms with Crippen LogP contribution in [0, 0.1) is 0 Å². The van der Waals surface area contributed by atoms with Crippen LogP contribution in [0.25, 0.3) is 0 Å². The summed E-state index contributed by atoms with van der Waals surface area (Å²) in [4.78, 5) is 26.3. The molecule has 1 heterocycles. The smallest absolute Gasteiger partial charge is 0.410 e. The Labute approximate surface area is 131 Å². The number of carbonyl (C=O) groups is 2. The fourth-order valence-electron chi connectivity index (χ4n) is 2.49. The van der Waals surface area contributed by atoms with Crippen molar-refractivity contribution in [3.8, 4) is 0 Å². The van der Waals surface area contributed by atoms with Gasteiger partial charge in [0.05, 0.1) is 0 Å². The van der Waals surface area contributed by atoms with Crippen LogP contribution in [0.5, 0.6) is 0 Å². The van der Waals surface area contributed by atoms with Crippen molar-refractivity contribution in [2.75, 3.05) is 11.9 Å². The number of hydrogen-bond acceptors (Lipinski definition) is 3. The van der Waals surface area contributed by atoms with Crippen LogP contribution in [-0.4, -0.2) is 35.1 Å². The molecule has 2 rings (SSSR count). The molecule has 22 heavy (non-hydrogen) atoms. The van der Waals surface area contributed by atoms with Gasteiger partial charge in [0, 0.05) is 12.2 Å². The highest BCUT2D eigenvalue weighted by atomic mass is 16.6. The molecule has 1 atom stereocenters. The lowest BCUT2D eigenvalue weighted by Gasteiger charge is -2.35. The number of rotatable bonds is 2. The Morgan fingerprint density at radius 1 is 1.18 bits per heavy atom. The number of hydrogen-bond donors (Lipinski definition) is 1. The molecule has 0 saturated carbocycles. The minimum atomic E-state index is -0.561. The second-order valence-electron chi connectivity index (χ2n) is 6.54. The van der Waals surface area contributed by atoms with Crippen LogP contribution < -0.4 is 5.32 Å². The molecular weight excluding hydrogens is 280 g/mol. The molecule has 0 aromatic heterocycles. The quantitative estimate of drug-likeness (QED) is 0.911. The predicted octanol–water partition coefficient (Wildman–Crippen LogP) is 3.41. The van der Waals surface area contributed by atoms with E-state index < -0.39 is 17.7 Å². The van der Waals surface area contributed by atoms with E-state index in [2.05, 4.69) is 5.32 Å². The maximum absolute atomic E-state index is 12.5. The van der Waals surface area contributed by atoms with Crippen LogP contribution in [0.3, 0.4) is 0 Å². The number of nitrogens with one attached hydrogen (secondary N) is 1. The summed E-state index contributed by atoms with van der Waals surface area (Å²) >= 11 is 0. The first kappa shape index (κ1) is 16.3. The summed E-state index contributed by atoms with van der Waals surface area (Å²) in [5.41, 5.74) is 0.178. The number of benzene rings is 1. The van der Waals surface area contributed by atoms with Gasteiger partial charge in [-0.25, -0.2) is 4.79 Å². The first-order chi connectivity index (χ1) is 10.4. The zero-order valence-corrected chi connectivity index (χ0v) is 13.5. The molecule has 5 nitrogen and oxygen atoms in total. The molecule has 0 aliphatic carbocycles. The van der Waals surface area contributed by atoms with Crippen LogP contribution in [0.2, 0.25) is 0 Å². The molecule has 0 unspecified atom stereocenters. The Morgan fingerprint density at radius 3 is 2.50 bits per heavy atom. The lowest BCUT2D eigenvalue weighted by molar-refractivity contribution is -0.122. The van der Waals surface area contributed by atoms with E-state index in [1.54, 1.807) is 4.90 Å². The molecule has 1 saturated heterocycles. The van der Waals surface area contributed by atoms with E-state index in [0.717, 1.165) is 18.5 Å². The number of carbonyl (C=O) groups excluding carboxylic acids is 2. The van der Waals surface area contributed by atoms with Gasteiger partial charge in [0.1, 0.15) is 11.6 Å². The van der Waals surface area contributed by atoms with E-state index in [1.165, 1.54) is 0 Å². The normalized spacial score (nSPS) is 18.7. The van der Waals surface area contributed by atoms with Crippen LogP contribution in [0.4, 0.5) is 10.5 Å². The van der Waals surface area contributed by atoms with Gasteiger partial charge in [0.15, 0.2) is 0 Å². The van der Waals surface area contributed by atoms with E-state index in [0.29, 0.717) is 13.0 Å². The summed E-state index contributed by atoms with van der Waals surface area (Å²) in [7, 11) is 0. The van der Waals surface area contributed by atoms with Gasteiger partial charge in [-0.15, -0.1) is 0 Å². The largest absolute Gasteiger partial charge is 0.444 e. The van der Waals surface area contributed by atoms with Crippen molar-refractivity contribution < 1.29 is 14.3 Å². The number of nitrogens with zero attached hydrogens (tertiary/aromatic N) is 1. The van der Waals surface area contributed by atoms with Gasteiger partial charge in [0.25, 0.3) is 0 Å². The first-order valence-corrected chi connectivity index (χ1v) is 7.72. The van der Waals surface area contributed by atoms with Gasteiger partial charge in [-0.1, -0.05) is 18.2 Å².